The second-order valence-electron chi connectivity index (χ2n) is 5.29. The normalized spacial score (nSPS) is 11.2. The summed E-state index contributed by atoms with van der Waals surface area (Å²) < 4.78 is 3.11. The molecular weight excluding hydrogens is 286 g/mol. The molecule has 0 spiro atoms. The van der Waals surface area contributed by atoms with Crippen LogP contribution in [0.2, 0.25) is 0 Å². The van der Waals surface area contributed by atoms with Gasteiger partial charge in [-0.15, -0.1) is 0 Å². The number of aliphatic hydroxyl groups is 1. The highest BCUT2D eigenvalue weighted by molar-refractivity contribution is 5.74. The molecule has 0 radical (unpaired) electrons. The molecule has 2 heterocycles. The molecular formula is C14H23N5O3. The van der Waals surface area contributed by atoms with Gasteiger partial charge < -0.3 is 15.0 Å². The largest absolute Gasteiger partial charge is 0.395 e. The van der Waals surface area contributed by atoms with Crippen LogP contribution in [0.5, 0.6) is 0 Å². The molecule has 2 aromatic heterocycles. The number of anilines is 1. The highest BCUT2D eigenvalue weighted by Gasteiger charge is 2.16. The zero-order valence-corrected chi connectivity index (χ0v) is 13.1. The van der Waals surface area contributed by atoms with Crippen molar-refractivity contribution in [1.29, 1.82) is 0 Å². The molecule has 8 heteroatoms. The van der Waals surface area contributed by atoms with Gasteiger partial charge in [0.1, 0.15) is 0 Å². The van der Waals surface area contributed by atoms with Crippen LogP contribution in [0.3, 0.4) is 0 Å². The van der Waals surface area contributed by atoms with Crippen LogP contribution < -0.4 is 16.6 Å². The Morgan fingerprint density at radius 1 is 1.27 bits per heavy atom. The first-order valence-corrected chi connectivity index (χ1v) is 7.64. The minimum Gasteiger partial charge on any atom is -0.395 e. The standard InChI is InChI=1S/C14H23N5O3/c1-3-4-5-6-8-19-10-11(16-13(19)15-7-9-20)18(2)14(22)17-12(10)21/h20H,3-9H2,1-2H3,(H,15,16)(H,17,21,22). The number of nitrogens with zero attached hydrogens (tertiary/aromatic N) is 3. The number of nitrogens with one attached hydrogen (secondary N) is 2. The Bertz CT molecular complexity index is 743. The van der Waals surface area contributed by atoms with Gasteiger partial charge in [-0.3, -0.25) is 14.3 Å². The lowest BCUT2D eigenvalue weighted by atomic mass is 10.2. The quantitative estimate of drug-likeness (QED) is 0.613. The maximum atomic E-state index is 12.1. The fraction of sp³-hybridized carbons (Fsp3) is 0.643. The van der Waals surface area contributed by atoms with Crippen LogP contribution in [0.4, 0.5) is 5.95 Å². The topological polar surface area (TPSA) is 105 Å². The van der Waals surface area contributed by atoms with E-state index in [1.165, 1.54) is 4.57 Å². The minimum atomic E-state index is -0.484. The van der Waals surface area contributed by atoms with E-state index in [4.69, 9.17) is 5.11 Å². The van der Waals surface area contributed by atoms with E-state index in [2.05, 4.69) is 22.2 Å². The molecule has 0 aromatic carbocycles. The monoisotopic (exact) mass is 309 g/mol. The fourth-order valence-corrected chi connectivity index (χ4v) is 2.45. The number of unbranched alkanes of at least 4 members (excludes halogenated alkanes) is 3. The van der Waals surface area contributed by atoms with Crippen molar-refractivity contribution < 1.29 is 5.11 Å². The minimum absolute atomic E-state index is 0.0334. The summed E-state index contributed by atoms with van der Waals surface area (Å²) in [5.41, 5.74) is -0.177. The molecule has 0 fully saturated rings. The second-order valence-corrected chi connectivity index (χ2v) is 5.29. The molecule has 0 saturated heterocycles. The fourth-order valence-electron chi connectivity index (χ4n) is 2.45. The van der Waals surface area contributed by atoms with Crippen molar-refractivity contribution in [1.82, 2.24) is 19.1 Å². The predicted molar refractivity (Wildman–Crippen MR) is 85.3 cm³/mol. The van der Waals surface area contributed by atoms with E-state index < -0.39 is 11.2 Å². The number of aliphatic hydroxyl groups excluding tert-OH is 1. The third-order valence-electron chi connectivity index (χ3n) is 3.64. The molecule has 0 saturated carbocycles. The first-order valence-electron chi connectivity index (χ1n) is 7.64. The molecule has 0 amide bonds. The Labute approximate surface area is 127 Å². The van der Waals surface area contributed by atoms with Gasteiger partial charge in [-0.1, -0.05) is 26.2 Å². The lowest BCUT2D eigenvalue weighted by Gasteiger charge is -2.09. The molecule has 0 bridgehead atoms. The van der Waals surface area contributed by atoms with E-state index >= 15 is 0 Å². The number of fused-ring (bicyclic) bond motifs is 1. The zero-order valence-electron chi connectivity index (χ0n) is 13.1. The number of imidazole rings is 1. The number of rotatable bonds is 8. The highest BCUT2D eigenvalue weighted by Crippen LogP contribution is 2.16. The molecule has 0 unspecified atom stereocenters. The summed E-state index contributed by atoms with van der Waals surface area (Å²) in [5, 5.41) is 12.0. The molecule has 3 N–H and O–H groups in total. The molecule has 0 aliphatic heterocycles. The van der Waals surface area contributed by atoms with Gasteiger partial charge in [-0.05, 0) is 6.42 Å². The molecule has 2 rings (SSSR count). The molecule has 0 atom stereocenters. The first-order chi connectivity index (χ1) is 10.6. The Morgan fingerprint density at radius 3 is 2.73 bits per heavy atom. The number of hydrogen-bond donors (Lipinski definition) is 3. The van der Waals surface area contributed by atoms with Crippen LogP contribution in [0.25, 0.3) is 11.2 Å². The lowest BCUT2D eigenvalue weighted by Crippen LogP contribution is -2.29. The van der Waals surface area contributed by atoms with E-state index in [0.29, 0.717) is 30.2 Å². The summed E-state index contributed by atoms with van der Waals surface area (Å²) in [4.78, 5) is 30.5. The number of H-pyrrole nitrogens is 1. The van der Waals surface area contributed by atoms with Gasteiger partial charge in [-0.25, -0.2) is 4.79 Å². The Morgan fingerprint density at radius 2 is 2.05 bits per heavy atom. The van der Waals surface area contributed by atoms with E-state index in [1.807, 2.05) is 0 Å². The smallest absolute Gasteiger partial charge is 0.329 e. The second kappa shape index (κ2) is 7.26. The molecule has 0 aliphatic carbocycles. The van der Waals surface area contributed by atoms with Gasteiger partial charge in [0.15, 0.2) is 11.2 Å². The molecule has 2 aromatic rings. The zero-order chi connectivity index (χ0) is 16.1. The SMILES string of the molecule is CCCCCCn1c(NCCO)nc2c1c(=O)[nH]c(=O)n2C. The van der Waals surface area contributed by atoms with Crippen molar-refractivity contribution >= 4 is 17.1 Å². The van der Waals surface area contributed by atoms with Gasteiger partial charge >= 0.3 is 5.69 Å². The maximum absolute atomic E-state index is 12.1. The molecule has 22 heavy (non-hydrogen) atoms. The Balaban J connectivity index is 2.46. The summed E-state index contributed by atoms with van der Waals surface area (Å²) in [6.07, 6.45) is 4.27. The summed E-state index contributed by atoms with van der Waals surface area (Å²) in [6, 6.07) is 0. The van der Waals surface area contributed by atoms with Gasteiger partial charge in [0.05, 0.1) is 6.61 Å². The van der Waals surface area contributed by atoms with Crippen molar-refractivity contribution in [2.24, 2.45) is 7.05 Å². The first kappa shape index (κ1) is 16.3. The number of hydrogen-bond acceptors (Lipinski definition) is 5. The Kier molecular flexibility index (Phi) is 5.37. The number of aryl methyl sites for hydroxylation is 2. The molecule has 8 nitrogen and oxygen atoms in total. The van der Waals surface area contributed by atoms with Gasteiger partial charge in [-0.2, -0.15) is 4.98 Å². The average molecular weight is 309 g/mol. The van der Waals surface area contributed by atoms with Crippen molar-refractivity contribution in [3.63, 3.8) is 0 Å². The van der Waals surface area contributed by atoms with Gasteiger partial charge in [0.2, 0.25) is 5.95 Å². The maximum Gasteiger partial charge on any atom is 0.329 e. The van der Waals surface area contributed by atoms with Gasteiger partial charge in [0, 0.05) is 20.1 Å². The number of aromatic nitrogens is 4. The summed E-state index contributed by atoms with van der Waals surface area (Å²) in [6.45, 7) is 3.09. The van der Waals surface area contributed by atoms with E-state index in [-0.39, 0.29) is 6.61 Å². The predicted octanol–water partition coefficient (Wildman–Crippen LogP) is 0.408. The lowest BCUT2D eigenvalue weighted by molar-refractivity contribution is 0.310. The van der Waals surface area contributed by atoms with Crippen molar-refractivity contribution in [3.05, 3.63) is 20.8 Å². The summed E-state index contributed by atoms with van der Waals surface area (Å²) >= 11 is 0. The van der Waals surface area contributed by atoms with E-state index in [1.54, 1.807) is 11.6 Å². The summed E-state index contributed by atoms with van der Waals surface area (Å²) in [5.74, 6) is 0.507. The van der Waals surface area contributed by atoms with Crippen LogP contribution in [-0.4, -0.2) is 37.4 Å². The van der Waals surface area contributed by atoms with Crippen LogP contribution >= 0.6 is 0 Å². The van der Waals surface area contributed by atoms with Gasteiger partial charge in [0.25, 0.3) is 5.56 Å². The van der Waals surface area contributed by atoms with Crippen LogP contribution in [0, 0.1) is 0 Å². The summed E-state index contributed by atoms with van der Waals surface area (Å²) in [7, 11) is 1.57. The number of aromatic amines is 1. The highest BCUT2D eigenvalue weighted by atomic mass is 16.3. The van der Waals surface area contributed by atoms with Crippen molar-refractivity contribution in [3.8, 4) is 0 Å². The van der Waals surface area contributed by atoms with Crippen molar-refractivity contribution in [2.45, 2.75) is 39.2 Å². The molecule has 0 aliphatic rings. The van der Waals surface area contributed by atoms with Crippen molar-refractivity contribution in [2.75, 3.05) is 18.5 Å². The molecule has 122 valence electrons. The van der Waals surface area contributed by atoms with Crippen LogP contribution in [0.15, 0.2) is 9.59 Å². The van der Waals surface area contributed by atoms with E-state index in [0.717, 1.165) is 25.7 Å². The third kappa shape index (κ3) is 3.22. The Hall–Kier alpha value is -2.09. The van der Waals surface area contributed by atoms with Crippen LogP contribution in [-0.2, 0) is 13.6 Å². The van der Waals surface area contributed by atoms with Crippen LogP contribution in [0.1, 0.15) is 32.6 Å². The third-order valence-corrected chi connectivity index (χ3v) is 3.64. The van der Waals surface area contributed by atoms with E-state index in [9.17, 15) is 9.59 Å². The average Bonchev–Trinajstić information content (AvgIpc) is 2.86.